The predicted octanol–water partition coefficient (Wildman–Crippen LogP) is 1.43. The molecule has 2 aromatic rings. The molecule has 0 spiro atoms. The molecular formula is C13H19N7. The quantitative estimate of drug-likeness (QED) is 0.540. The lowest BCUT2D eigenvalue weighted by Gasteiger charge is -2.09. The number of aromatic nitrogens is 4. The molecule has 0 aliphatic rings. The molecule has 0 aromatic carbocycles. The average Bonchev–Trinajstić information content (AvgIpc) is 2.45. The normalized spacial score (nSPS) is 10.3. The second-order valence-electron chi connectivity index (χ2n) is 4.40. The van der Waals surface area contributed by atoms with Crippen LogP contribution in [0.4, 0.5) is 11.6 Å². The van der Waals surface area contributed by atoms with Crippen LogP contribution in [0.5, 0.6) is 0 Å². The van der Waals surface area contributed by atoms with E-state index < -0.39 is 0 Å². The summed E-state index contributed by atoms with van der Waals surface area (Å²) in [7, 11) is 0. The summed E-state index contributed by atoms with van der Waals surface area (Å²) in [5, 5.41) is 3.22. The molecule has 0 radical (unpaired) electrons. The fraction of sp³-hybridized carbons (Fsp3) is 0.385. The Kier molecular flexibility index (Phi) is 4.78. The number of nitrogens with two attached hydrogens (primary N) is 1. The van der Waals surface area contributed by atoms with Crippen molar-refractivity contribution in [3.8, 4) is 0 Å². The zero-order valence-electron chi connectivity index (χ0n) is 11.7. The van der Waals surface area contributed by atoms with E-state index in [2.05, 4.69) is 37.6 Å². The van der Waals surface area contributed by atoms with Gasteiger partial charge in [0.15, 0.2) is 0 Å². The molecule has 20 heavy (non-hydrogen) atoms. The van der Waals surface area contributed by atoms with Crippen LogP contribution in [0.1, 0.15) is 30.7 Å². The highest BCUT2D eigenvalue weighted by Gasteiger charge is 2.04. The molecule has 0 aliphatic heterocycles. The van der Waals surface area contributed by atoms with Gasteiger partial charge in [0.1, 0.15) is 23.3 Å². The molecule has 7 heteroatoms. The highest BCUT2D eigenvalue weighted by atomic mass is 15.3. The molecule has 2 heterocycles. The van der Waals surface area contributed by atoms with E-state index in [-0.39, 0.29) is 0 Å². The van der Waals surface area contributed by atoms with Gasteiger partial charge in [-0.1, -0.05) is 6.92 Å². The molecular weight excluding hydrogens is 254 g/mol. The Morgan fingerprint density at radius 2 is 2.00 bits per heavy atom. The van der Waals surface area contributed by atoms with E-state index in [1.165, 1.54) is 0 Å². The van der Waals surface area contributed by atoms with Crippen LogP contribution in [0.3, 0.4) is 0 Å². The van der Waals surface area contributed by atoms with E-state index in [0.29, 0.717) is 12.4 Å². The molecule has 0 aliphatic carbocycles. The number of nitrogens with zero attached hydrogens (tertiary/aromatic N) is 4. The zero-order chi connectivity index (χ0) is 14.4. The third-order valence-corrected chi connectivity index (χ3v) is 2.68. The number of rotatable bonds is 6. The maximum Gasteiger partial charge on any atom is 0.145 e. The Labute approximate surface area is 118 Å². The van der Waals surface area contributed by atoms with Crippen molar-refractivity contribution in [3.63, 3.8) is 0 Å². The predicted molar refractivity (Wildman–Crippen MR) is 77.9 cm³/mol. The second-order valence-corrected chi connectivity index (χ2v) is 4.40. The van der Waals surface area contributed by atoms with Crippen molar-refractivity contribution >= 4 is 11.6 Å². The van der Waals surface area contributed by atoms with E-state index in [0.717, 1.165) is 36.0 Å². The highest BCUT2D eigenvalue weighted by molar-refractivity contribution is 5.47. The van der Waals surface area contributed by atoms with Crippen LogP contribution >= 0.6 is 0 Å². The minimum Gasteiger partial charge on any atom is -0.364 e. The van der Waals surface area contributed by atoms with E-state index in [1.54, 1.807) is 12.3 Å². The van der Waals surface area contributed by atoms with Gasteiger partial charge in [-0.2, -0.15) is 0 Å². The number of hydrogen-bond donors (Lipinski definition) is 3. The van der Waals surface area contributed by atoms with Crippen molar-refractivity contribution in [3.05, 3.63) is 35.7 Å². The highest BCUT2D eigenvalue weighted by Crippen LogP contribution is 2.12. The van der Waals surface area contributed by atoms with Crippen molar-refractivity contribution in [1.29, 1.82) is 0 Å². The molecule has 0 fully saturated rings. The van der Waals surface area contributed by atoms with Gasteiger partial charge in [0.25, 0.3) is 0 Å². The van der Waals surface area contributed by atoms with Crippen molar-refractivity contribution in [2.45, 2.75) is 33.2 Å². The summed E-state index contributed by atoms with van der Waals surface area (Å²) in [6, 6.07) is 3.64. The first-order valence-corrected chi connectivity index (χ1v) is 6.58. The molecule has 0 amide bonds. The Hall–Kier alpha value is -2.28. The van der Waals surface area contributed by atoms with E-state index in [1.807, 2.05) is 13.0 Å². The topological polar surface area (TPSA) is 102 Å². The first-order chi connectivity index (χ1) is 9.71. The Balaban J connectivity index is 2.10. The van der Waals surface area contributed by atoms with Crippen LogP contribution in [0.25, 0.3) is 0 Å². The Morgan fingerprint density at radius 3 is 2.70 bits per heavy atom. The van der Waals surface area contributed by atoms with Crippen molar-refractivity contribution in [2.24, 2.45) is 5.84 Å². The number of anilines is 2. The largest absolute Gasteiger partial charge is 0.364 e. The standard InChI is InChI=1S/C13H19N7/c1-3-4-11-18-12(7-13(19-11)20-14)16-8-10-5-6-15-9(2)17-10/h5-7H,3-4,8,14H2,1-2H3,(H2,16,18,19,20). The molecule has 0 saturated heterocycles. The fourth-order valence-electron chi connectivity index (χ4n) is 1.78. The molecule has 0 unspecified atom stereocenters. The van der Waals surface area contributed by atoms with Crippen molar-refractivity contribution in [2.75, 3.05) is 10.7 Å². The van der Waals surface area contributed by atoms with Crippen LogP contribution in [-0.4, -0.2) is 19.9 Å². The smallest absolute Gasteiger partial charge is 0.145 e. The molecule has 2 rings (SSSR count). The third kappa shape index (κ3) is 3.86. The number of aryl methyl sites for hydroxylation is 2. The number of nitrogen functional groups attached to an aromatic ring is 1. The molecule has 7 nitrogen and oxygen atoms in total. The van der Waals surface area contributed by atoms with Crippen LogP contribution < -0.4 is 16.6 Å². The van der Waals surface area contributed by atoms with Gasteiger partial charge < -0.3 is 10.7 Å². The van der Waals surface area contributed by atoms with Crippen LogP contribution in [-0.2, 0) is 13.0 Å². The van der Waals surface area contributed by atoms with Gasteiger partial charge in [0, 0.05) is 18.7 Å². The molecule has 0 saturated carbocycles. The summed E-state index contributed by atoms with van der Waals surface area (Å²) < 4.78 is 0. The fourth-order valence-corrected chi connectivity index (χ4v) is 1.78. The lowest BCUT2D eigenvalue weighted by Crippen LogP contribution is -2.12. The monoisotopic (exact) mass is 273 g/mol. The van der Waals surface area contributed by atoms with Crippen LogP contribution in [0, 0.1) is 6.92 Å². The summed E-state index contributed by atoms with van der Waals surface area (Å²) in [4.78, 5) is 17.1. The van der Waals surface area contributed by atoms with Gasteiger partial charge in [0.05, 0.1) is 12.2 Å². The van der Waals surface area contributed by atoms with E-state index in [9.17, 15) is 0 Å². The van der Waals surface area contributed by atoms with E-state index >= 15 is 0 Å². The summed E-state index contributed by atoms with van der Waals surface area (Å²) in [6.07, 6.45) is 3.55. The molecule has 4 N–H and O–H groups in total. The first-order valence-electron chi connectivity index (χ1n) is 6.58. The summed E-state index contributed by atoms with van der Waals surface area (Å²) in [5.74, 6) is 8.27. The van der Waals surface area contributed by atoms with Gasteiger partial charge in [-0.05, 0) is 19.4 Å². The Morgan fingerprint density at radius 1 is 1.20 bits per heavy atom. The first kappa shape index (κ1) is 14.1. The molecule has 2 aromatic heterocycles. The summed E-state index contributed by atoms with van der Waals surface area (Å²) in [5.41, 5.74) is 3.47. The molecule has 0 bridgehead atoms. The summed E-state index contributed by atoms with van der Waals surface area (Å²) in [6.45, 7) is 4.53. The molecule has 106 valence electrons. The average molecular weight is 273 g/mol. The minimum absolute atomic E-state index is 0.579. The van der Waals surface area contributed by atoms with Crippen LogP contribution in [0.15, 0.2) is 18.3 Å². The van der Waals surface area contributed by atoms with E-state index in [4.69, 9.17) is 5.84 Å². The van der Waals surface area contributed by atoms with Gasteiger partial charge in [0.2, 0.25) is 0 Å². The van der Waals surface area contributed by atoms with Gasteiger partial charge in [-0.25, -0.2) is 25.8 Å². The van der Waals surface area contributed by atoms with Crippen molar-refractivity contribution in [1.82, 2.24) is 19.9 Å². The maximum absolute atomic E-state index is 5.42. The molecule has 0 atom stereocenters. The lowest BCUT2D eigenvalue weighted by molar-refractivity contribution is 0.832. The zero-order valence-corrected chi connectivity index (χ0v) is 11.7. The Bertz CT molecular complexity index is 570. The lowest BCUT2D eigenvalue weighted by atomic mass is 10.3. The van der Waals surface area contributed by atoms with Gasteiger partial charge >= 0.3 is 0 Å². The van der Waals surface area contributed by atoms with Crippen molar-refractivity contribution < 1.29 is 0 Å². The summed E-state index contributed by atoms with van der Waals surface area (Å²) >= 11 is 0. The maximum atomic E-state index is 5.42. The number of hydrazine groups is 1. The van der Waals surface area contributed by atoms with Gasteiger partial charge in [-0.3, -0.25) is 0 Å². The number of nitrogens with one attached hydrogen (secondary N) is 2. The van der Waals surface area contributed by atoms with Gasteiger partial charge in [-0.15, -0.1) is 0 Å². The number of hydrogen-bond acceptors (Lipinski definition) is 7. The third-order valence-electron chi connectivity index (χ3n) is 2.68. The second kappa shape index (κ2) is 6.76. The van der Waals surface area contributed by atoms with Crippen LogP contribution in [0.2, 0.25) is 0 Å². The SMILES string of the molecule is CCCc1nc(NN)cc(NCc2ccnc(C)n2)n1. The minimum atomic E-state index is 0.579.